The molecule has 23 heavy (non-hydrogen) atoms. The number of amides is 3. The molecule has 0 aliphatic carbocycles. The highest BCUT2D eigenvalue weighted by atomic mass is 16.6. The molecule has 0 spiro atoms. The zero-order valence-electron chi connectivity index (χ0n) is 12.5. The Labute approximate surface area is 132 Å². The minimum Gasteiger partial charge on any atom is -0.333 e. The molecule has 0 radical (unpaired) electrons. The zero-order valence-corrected chi connectivity index (χ0v) is 12.5. The molecule has 0 bridgehead atoms. The molecular formula is C14H16N4O5. The van der Waals surface area contributed by atoms with Crippen molar-refractivity contribution < 1.29 is 19.3 Å². The number of nitro groups is 1. The number of likely N-dealkylation sites (N-methyl/N-ethyl adjacent to an activating group) is 1. The van der Waals surface area contributed by atoms with Crippen LogP contribution in [0.4, 0.5) is 11.4 Å². The molecule has 122 valence electrons. The Kier molecular flexibility index (Phi) is 4.89. The van der Waals surface area contributed by atoms with E-state index in [-0.39, 0.29) is 12.2 Å². The molecule has 9 heteroatoms. The van der Waals surface area contributed by atoms with Crippen LogP contribution < -0.4 is 5.32 Å². The van der Waals surface area contributed by atoms with Crippen molar-refractivity contribution in [3.63, 3.8) is 0 Å². The van der Waals surface area contributed by atoms with Crippen LogP contribution in [-0.4, -0.2) is 58.6 Å². The third kappa shape index (κ3) is 3.82. The predicted molar refractivity (Wildman–Crippen MR) is 80.6 cm³/mol. The van der Waals surface area contributed by atoms with Crippen molar-refractivity contribution in [2.75, 3.05) is 31.5 Å². The van der Waals surface area contributed by atoms with Gasteiger partial charge in [-0.3, -0.25) is 24.5 Å². The van der Waals surface area contributed by atoms with Gasteiger partial charge >= 0.3 is 11.8 Å². The van der Waals surface area contributed by atoms with Crippen LogP contribution in [0.25, 0.3) is 0 Å². The highest BCUT2D eigenvalue weighted by Crippen LogP contribution is 2.15. The predicted octanol–water partition coefficient (Wildman–Crippen LogP) is 0.224. The molecule has 1 aliphatic heterocycles. The number of hydrogen-bond donors (Lipinski definition) is 1. The van der Waals surface area contributed by atoms with E-state index in [4.69, 9.17) is 0 Å². The Morgan fingerprint density at radius 3 is 2.30 bits per heavy atom. The molecule has 0 saturated carbocycles. The van der Waals surface area contributed by atoms with Gasteiger partial charge in [-0.05, 0) is 19.1 Å². The molecule has 1 fully saturated rings. The average molecular weight is 320 g/mol. The molecule has 0 atom stereocenters. The SMILES string of the molecule is CCN1CCN(CC(=O)Nc2ccc([N+](=O)[O-])cc2)C(=O)C1=O. The fraction of sp³-hybridized carbons (Fsp3) is 0.357. The fourth-order valence-electron chi connectivity index (χ4n) is 2.21. The summed E-state index contributed by atoms with van der Waals surface area (Å²) in [6, 6.07) is 5.34. The van der Waals surface area contributed by atoms with Crippen LogP contribution in [0.15, 0.2) is 24.3 Å². The molecule has 1 aromatic carbocycles. The van der Waals surface area contributed by atoms with Gasteiger partial charge in [0.05, 0.1) is 4.92 Å². The summed E-state index contributed by atoms with van der Waals surface area (Å²) in [4.78, 5) is 48.2. The van der Waals surface area contributed by atoms with E-state index in [0.717, 1.165) is 0 Å². The summed E-state index contributed by atoms with van der Waals surface area (Å²) < 4.78 is 0. The fourth-order valence-corrected chi connectivity index (χ4v) is 2.21. The first-order valence-corrected chi connectivity index (χ1v) is 7.05. The van der Waals surface area contributed by atoms with Crippen molar-refractivity contribution in [2.45, 2.75) is 6.92 Å². The van der Waals surface area contributed by atoms with Crippen LogP contribution >= 0.6 is 0 Å². The van der Waals surface area contributed by atoms with Crippen molar-refractivity contribution in [3.8, 4) is 0 Å². The summed E-state index contributed by atoms with van der Waals surface area (Å²) in [7, 11) is 0. The zero-order chi connectivity index (χ0) is 17.0. The van der Waals surface area contributed by atoms with Crippen LogP contribution in [0.2, 0.25) is 0 Å². The van der Waals surface area contributed by atoms with Gasteiger partial charge in [0.15, 0.2) is 0 Å². The summed E-state index contributed by atoms with van der Waals surface area (Å²) in [6.07, 6.45) is 0. The molecule has 2 rings (SSSR count). The maximum atomic E-state index is 11.9. The second-order valence-corrected chi connectivity index (χ2v) is 4.96. The van der Waals surface area contributed by atoms with Crippen LogP contribution in [-0.2, 0) is 14.4 Å². The number of carbonyl (C=O) groups excluding carboxylic acids is 3. The van der Waals surface area contributed by atoms with Crippen molar-refractivity contribution in [1.82, 2.24) is 9.80 Å². The summed E-state index contributed by atoms with van der Waals surface area (Å²) in [5.74, 6) is -1.77. The summed E-state index contributed by atoms with van der Waals surface area (Å²) >= 11 is 0. The van der Waals surface area contributed by atoms with Crippen molar-refractivity contribution in [2.24, 2.45) is 0 Å². The van der Waals surface area contributed by atoms with E-state index >= 15 is 0 Å². The Balaban J connectivity index is 1.93. The molecule has 1 N–H and O–H groups in total. The Hall–Kier alpha value is -2.97. The lowest BCUT2D eigenvalue weighted by molar-refractivity contribution is -0.384. The second kappa shape index (κ2) is 6.86. The smallest absolute Gasteiger partial charge is 0.312 e. The highest BCUT2D eigenvalue weighted by Gasteiger charge is 2.32. The molecule has 3 amide bonds. The van der Waals surface area contributed by atoms with Gasteiger partial charge in [-0.2, -0.15) is 0 Å². The highest BCUT2D eigenvalue weighted by molar-refractivity contribution is 6.35. The van der Waals surface area contributed by atoms with Gasteiger partial charge in [0.25, 0.3) is 5.69 Å². The van der Waals surface area contributed by atoms with Crippen LogP contribution in [0.3, 0.4) is 0 Å². The maximum Gasteiger partial charge on any atom is 0.312 e. The van der Waals surface area contributed by atoms with Gasteiger partial charge in [-0.25, -0.2) is 0 Å². The second-order valence-electron chi connectivity index (χ2n) is 4.96. The van der Waals surface area contributed by atoms with E-state index in [1.54, 1.807) is 6.92 Å². The summed E-state index contributed by atoms with van der Waals surface area (Å²) in [5.41, 5.74) is 0.297. The lowest BCUT2D eigenvalue weighted by atomic mass is 10.2. The van der Waals surface area contributed by atoms with Crippen molar-refractivity contribution in [1.29, 1.82) is 0 Å². The number of anilines is 1. The average Bonchev–Trinajstić information content (AvgIpc) is 2.52. The molecule has 0 aromatic heterocycles. The third-order valence-corrected chi connectivity index (χ3v) is 3.48. The third-order valence-electron chi connectivity index (χ3n) is 3.48. The molecule has 0 unspecified atom stereocenters. The van der Waals surface area contributed by atoms with Crippen LogP contribution in [0, 0.1) is 10.1 Å². The van der Waals surface area contributed by atoms with Gasteiger partial charge in [-0.15, -0.1) is 0 Å². The molecular weight excluding hydrogens is 304 g/mol. The first kappa shape index (κ1) is 16.4. The van der Waals surface area contributed by atoms with E-state index in [9.17, 15) is 24.5 Å². The van der Waals surface area contributed by atoms with Gasteiger partial charge < -0.3 is 15.1 Å². The molecule has 1 saturated heterocycles. The molecule has 1 heterocycles. The van der Waals surface area contributed by atoms with Crippen molar-refractivity contribution in [3.05, 3.63) is 34.4 Å². The summed E-state index contributed by atoms with van der Waals surface area (Å²) in [6.45, 7) is 2.69. The van der Waals surface area contributed by atoms with E-state index in [0.29, 0.717) is 25.3 Å². The van der Waals surface area contributed by atoms with Gasteiger partial charge in [0, 0.05) is 37.5 Å². The number of non-ortho nitro benzene ring substituents is 1. The lowest BCUT2D eigenvalue weighted by Gasteiger charge is -2.32. The number of hydrogen-bond acceptors (Lipinski definition) is 5. The van der Waals surface area contributed by atoms with E-state index in [1.165, 1.54) is 34.1 Å². The summed E-state index contributed by atoms with van der Waals surface area (Å²) in [5, 5.41) is 13.1. The van der Waals surface area contributed by atoms with Gasteiger partial charge in [0.1, 0.15) is 6.54 Å². The largest absolute Gasteiger partial charge is 0.333 e. The van der Waals surface area contributed by atoms with Crippen LogP contribution in [0.5, 0.6) is 0 Å². The normalized spacial score (nSPS) is 14.8. The quantitative estimate of drug-likeness (QED) is 0.474. The van der Waals surface area contributed by atoms with Gasteiger partial charge in [0.2, 0.25) is 5.91 Å². The molecule has 1 aliphatic rings. The monoisotopic (exact) mass is 320 g/mol. The minimum absolute atomic E-state index is 0.0838. The van der Waals surface area contributed by atoms with E-state index in [1.807, 2.05) is 0 Å². The number of nitrogens with zero attached hydrogens (tertiary/aromatic N) is 3. The van der Waals surface area contributed by atoms with E-state index < -0.39 is 22.6 Å². The Bertz CT molecular complexity index is 643. The number of benzene rings is 1. The van der Waals surface area contributed by atoms with Crippen LogP contribution in [0.1, 0.15) is 6.92 Å². The topological polar surface area (TPSA) is 113 Å². The van der Waals surface area contributed by atoms with Gasteiger partial charge in [-0.1, -0.05) is 0 Å². The number of nitro benzene ring substituents is 1. The number of rotatable bonds is 5. The minimum atomic E-state index is -0.697. The number of nitrogens with one attached hydrogen (secondary N) is 1. The van der Waals surface area contributed by atoms with E-state index in [2.05, 4.69) is 5.32 Å². The number of carbonyl (C=O) groups is 3. The Morgan fingerprint density at radius 2 is 1.74 bits per heavy atom. The maximum absolute atomic E-state index is 11.9. The lowest BCUT2D eigenvalue weighted by Crippen LogP contribution is -2.55. The standard InChI is InChI=1S/C14H16N4O5/c1-2-16-7-8-17(14(21)13(16)20)9-12(19)15-10-3-5-11(6-4-10)18(22)23/h3-6H,2,7-9H2,1H3,(H,15,19). The Morgan fingerprint density at radius 1 is 1.17 bits per heavy atom. The first-order chi connectivity index (χ1) is 10.9. The first-order valence-electron chi connectivity index (χ1n) is 7.05. The molecule has 1 aromatic rings. The van der Waals surface area contributed by atoms with Crippen molar-refractivity contribution >= 4 is 29.1 Å². The number of piperazine rings is 1. The molecule has 9 nitrogen and oxygen atoms in total.